The lowest BCUT2D eigenvalue weighted by Gasteiger charge is -2.10. The number of hydrogen-bond donors (Lipinski definition) is 0. The van der Waals surface area contributed by atoms with Gasteiger partial charge in [0.15, 0.2) is 0 Å². The molecule has 3 aromatic carbocycles. The zero-order chi connectivity index (χ0) is 23.4. The predicted molar refractivity (Wildman–Crippen MR) is 130 cm³/mol. The topological polar surface area (TPSA) is 99.6 Å². The van der Waals surface area contributed by atoms with Crippen LogP contribution >= 0.6 is 15.9 Å². The molecule has 4 rings (SSSR count). The smallest absolute Gasteiger partial charge is 0.311 e. The van der Waals surface area contributed by atoms with Crippen LogP contribution in [0.15, 0.2) is 81.1 Å². The van der Waals surface area contributed by atoms with Gasteiger partial charge in [-0.3, -0.25) is 14.9 Å². The van der Waals surface area contributed by atoms with E-state index >= 15 is 0 Å². The number of aromatic nitrogens is 2. The molecule has 0 aliphatic rings. The van der Waals surface area contributed by atoms with Gasteiger partial charge in [-0.05, 0) is 29.8 Å². The molecule has 0 amide bonds. The average molecular weight is 507 g/mol. The lowest BCUT2D eigenvalue weighted by atomic mass is 10.2. The van der Waals surface area contributed by atoms with Crippen LogP contribution in [0.4, 0.5) is 5.69 Å². The van der Waals surface area contributed by atoms with Gasteiger partial charge < -0.3 is 4.74 Å². The minimum absolute atomic E-state index is 0.0812. The van der Waals surface area contributed by atoms with Crippen LogP contribution in [0.3, 0.4) is 0 Å². The molecule has 4 aromatic rings. The normalized spacial score (nSPS) is 11.2. The second kappa shape index (κ2) is 9.74. The number of nitro groups is 1. The van der Waals surface area contributed by atoms with E-state index in [4.69, 9.17) is 4.74 Å². The summed E-state index contributed by atoms with van der Waals surface area (Å²) in [6.07, 6.45) is 1.87. The van der Waals surface area contributed by atoms with Crippen molar-refractivity contribution in [2.75, 3.05) is 0 Å². The first-order chi connectivity index (χ1) is 16.0. The maximum Gasteiger partial charge on any atom is 0.311 e. The fraction of sp³-hybridized carbons (Fsp3) is 0.125. The molecule has 1 heterocycles. The number of rotatable bonds is 7. The van der Waals surface area contributed by atoms with Crippen molar-refractivity contribution in [2.24, 2.45) is 5.10 Å². The molecule has 0 atom stereocenters. The minimum Gasteiger partial charge on any atom is -0.481 e. The molecule has 0 saturated heterocycles. The number of nitrogens with zero attached hydrogens (tertiary/aromatic N) is 4. The molecule has 9 heteroatoms. The highest BCUT2D eigenvalue weighted by atomic mass is 79.9. The summed E-state index contributed by atoms with van der Waals surface area (Å²) in [5.41, 5.74) is 1.31. The van der Waals surface area contributed by atoms with Crippen molar-refractivity contribution in [3.63, 3.8) is 0 Å². The minimum atomic E-state index is -0.504. The van der Waals surface area contributed by atoms with Crippen LogP contribution in [-0.4, -0.2) is 20.8 Å². The fourth-order valence-corrected chi connectivity index (χ4v) is 3.70. The Morgan fingerprint density at radius 3 is 2.67 bits per heavy atom. The van der Waals surface area contributed by atoms with Crippen molar-refractivity contribution in [1.82, 2.24) is 9.66 Å². The molecule has 0 unspecified atom stereocenters. The summed E-state index contributed by atoms with van der Waals surface area (Å²) in [5.74, 6) is 0.556. The van der Waals surface area contributed by atoms with E-state index in [9.17, 15) is 14.9 Å². The van der Waals surface area contributed by atoms with Gasteiger partial charge in [0, 0.05) is 22.5 Å². The van der Waals surface area contributed by atoms with Crippen molar-refractivity contribution in [1.29, 1.82) is 0 Å². The Balaban J connectivity index is 1.77. The third kappa shape index (κ3) is 4.83. The summed E-state index contributed by atoms with van der Waals surface area (Å²) in [4.78, 5) is 28.7. The highest BCUT2D eigenvalue weighted by molar-refractivity contribution is 9.10. The molecule has 0 bridgehead atoms. The maximum absolute atomic E-state index is 13.1. The van der Waals surface area contributed by atoms with Gasteiger partial charge in [0.25, 0.3) is 5.56 Å². The van der Waals surface area contributed by atoms with E-state index in [1.165, 1.54) is 17.0 Å². The molecule has 33 heavy (non-hydrogen) atoms. The molecule has 0 fully saturated rings. The molecule has 0 spiro atoms. The fourth-order valence-electron chi connectivity index (χ4n) is 3.34. The van der Waals surface area contributed by atoms with E-state index in [1.807, 2.05) is 43.3 Å². The van der Waals surface area contributed by atoms with E-state index < -0.39 is 4.92 Å². The van der Waals surface area contributed by atoms with Crippen LogP contribution in [0.5, 0.6) is 5.75 Å². The number of ether oxygens (including phenoxy) is 1. The molecule has 0 N–H and O–H groups in total. The van der Waals surface area contributed by atoms with Crippen LogP contribution in [0.2, 0.25) is 0 Å². The lowest BCUT2D eigenvalue weighted by molar-refractivity contribution is -0.385. The number of halogens is 1. The molecule has 0 aliphatic carbocycles. The molecule has 0 radical (unpaired) electrons. The highest BCUT2D eigenvalue weighted by Crippen LogP contribution is 2.31. The van der Waals surface area contributed by atoms with Gasteiger partial charge in [0.1, 0.15) is 12.4 Å². The Hall–Kier alpha value is -3.85. The second-order valence-electron chi connectivity index (χ2n) is 7.13. The van der Waals surface area contributed by atoms with Crippen LogP contribution < -0.4 is 10.3 Å². The first kappa shape index (κ1) is 22.3. The number of benzene rings is 3. The van der Waals surface area contributed by atoms with Gasteiger partial charge in [-0.1, -0.05) is 59.3 Å². The molecule has 0 aliphatic heterocycles. The zero-order valence-electron chi connectivity index (χ0n) is 17.6. The second-order valence-corrected chi connectivity index (χ2v) is 8.05. The maximum atomic E-state index is 13.1. The number of hydrogen-bond acceptors (Lipinski definition) is 6. The summed E-state index contributed by atoms with van der Waals surface area (Å²) < 4.78 is 7.81. The molecule has 0 saturated carbocycles. The number of nitro benzene ring substituents is 1. The first-order valence-electron chi connectivity index (χ1n) is 10.2. The standard InChI is InChI=1S/C24H19BrN4O4/c1-2-22-27-20-12-11-18(25)13-19(20)24(30)28(22)26-14-17-9-6-10-21(29(31)32)23(17)33-15-16-7-4-3-5-8-16/h3-14H,2,15H2,1H3. The SMILES string of the molecule is CCc1nc2ccc(Br)cc2c(=O)n1N=Cc1cccc([N+](=O)[O-])c1OCc1ccccc1. The van der Waals surface area contributed by atoms with E-state index in [0.717, 1.165) is 10.0 Å². The van der Waals surface area contributed by atoms with Gasteiger partial charge >= 0.3 is 5.69 Å². The van der Waals surface area contributed by atoms with Crippen molar-refractivity contribution in [3.05, 3.63) is 109 Å². The van der Waals surface area contributed by atoms with E-state index in [0.29, 0.717) is 28.7 Å². The molecule has 1 aromatic heterocycles. The summed E-state index contributed by atoms with van der Waals surface area (Å²) >= 11 is 3.38. The third-order valence-corrected chi connectivity index (χ3v) is 5.44. The quantitative estimate of drug-likeness (QED) is 0.197. The van der Waals surface area contributed by atoms with Gasteiger partial charge in [-0.25, -0.2) is 4.98 Å². The Kier molecular flexibility index (Phi) is 6.60. The average Bonchev–Trinajstić information content (AvgIpc) is 2.83. The predicted octanol–water partition coefficient (Wildman–Crippen LogP) is 5.09. The van der Waals surface area contributed by atoms with Crippen LogP contribution in [0.1, 0.15) is 23.9 Å². The largest absolute Gasteiger partial charge is 0.481 e. The Morgan fingerprint density at radius 1 is 1.15 bits per heavy atom. The highest BCUT2D eigenvalue weighted by Gasteiger charge is 2.19. The summed E-state index contributed by atoms with van der Waals surface area (Å²) in [7, 11) is 0. The Labute approximate surface area is 197 Å². The summed E-state index contributed by atoms with van der Waals surface area (Å²) in [6.45, 7) is 2.03. The number of fused-ring (bicyclic) bond motifs is 1. The van der Waals surface area contributed by atoms with Crippen molar-refractivity contribution in [3.8, 4) is 5.75 Å². The van der Waals surface area contributed by atoms with E-state index in [1.54, 1.807) is 24.3 Å². The molecular weight excluding hydrogens is 488 g/mol. The van der Waals surface area contributed by atoms with Gasteiger partial charge in [0.2, 0.25) is 5.75 Å². The number of aryl methyl sites for hydroxylation is 1. The molecular formula is C24H19BrN4O4. The monoisotopic (exact) mass is 506 g/mol. The van der Waals surface area contributed by atoms with Gasteiger partial charge in [0.05, 0.1) is 22.0 Å². The van der Waals surface area contributed by atoms with Gasteiger partial charge in [-0.2, -0.15) is 9.78 Å². The zero-order valence-corrected chi connectivity index (χ0v) is 19.2. The van der Waals surface area contributed by atoms with Crippen LogP contribution in [-0.2, 0) is 13.0 Å². The van der Waals surface area contributed by atoms with Crippen LogP contribution in [0.25, 0.3) is 10.9 Å². The molecule has 8 nitrogen and oxygen atoms in total. The third-order valence-electron chi connectivity index (χ3n) is 4.95. The lowest BCUT2D eigenvalue weighted by Crippen LogP contribution is -2.22. The van der Waals surface area contributed by atoms with Crippen molar-refractivity contribution < 1.29 is 9.66 Å². The van der Waals surface area contributed by atoms with E-state index in [-0.39, 0.29) is 23.6 Å². The van der Waals surface area contributed by atoms with Crippen molar-refractivity contribution in [2.45, 2.75) is 20.0 Å². The van der Waals surface area contributed by atoms with Crippen molar-refractivity contribution >= 4 is 38.7 Å². The summed E-state index contributed by atoms with van der Waals surface area (Å²) in [5, 5.41) is 16.4. The Bertz CT molecular complexity index is 1420. The number of para-hydroxylation sites is 1. The van der Waals surface area contributed by atoms with E-state index in [2.05, 4.69) is 26.0 Å². The van der Waals surface area contributed by atoms with Gasteiger partial charge in [-0.15, -0.1) is 0 Å². The Morgan fingerprint density at radius 2 is 1.94 bits per heavy atom. The van der Waals surface area contributed by atoms with Crippen LogP contribution in [0, 0.1) is 10.1 Å². The first-order valence-corrected chi connectivity index (χ1v) is 11.0. The summed E-state index contributed by atoms with van der Waals surface area (Å²) in [6, 6.07) is 19.2. The molecule has 166 valence electrons.